The third kappa shape index (κ3) is 5.05. The molecule has 0 bridgehead atoms. The van der Waals surface area contributed by atoms with Crippen LogP contribution in [0.25, 0.3) is 0 Å². The van der Waals surface area contributed by atoms with Crippen LogP contribution in [-0.2, 0) is 10.7 Å². The Hall–Kier alpha value is 0.482. The molecule has 13 heavy (non-hydrogen) atoms. The Bertz CT molecular complexity index is 165. The summed E-state index contributed by atoms with van der Waals surface area (Å²) in [6.07, 6.45) is 0. The summed E-state index contributed by atoms with van der Waals surface area (Å²) in [6, 6.07) is 0. The van der Waals surface area contributed by atoms with Crippen LogP contribution in [0.1, 0.15) is 0 Å². The van der Waals surface area contributed by atoms with Gasteiger partial charge in [0.05, 0.1) is 0 Å². The molecule has 0 unspecified atom stereocenters. The second kappa shape index (κ2) is 7.85. The number of thiocarbonyl (C=S) groups is 4. The zero-order valence-corrected chi connectivity index (χ0v) is 13.2. The third-order valence-corrected chi connectivity index (χ3v) is 10.1. The Morgan fingerprint density at radius 1 is 0.615 bits per heavy atom. The van der Waals surface area contributed by atoms with Crippen LogP contribution in [0, 0.1) is 0 Å². The molecule has 0 spiro atoms. The van der Waals surface area contributed by atoms with E-state index in [0.29, 0.717) is 0 Å². The van der Waals surface area contributed by atoms with Gasteiger partial charge in [0.2, 0.25) is 0 Å². The van der Waals surface area contributed by atoms with Crippen molar-refractivity contribution < 1.29 is 10.7 Å². The minimum atomic E-state index is -4.33. The summed E-state index contributed by atoms with van der Waals surface area (Å²) in [4.78, 5) is 0. The average Bonchev–Trinajstić information content (AvgIpc) is 2.06. The van der Waals surface area contributed by atoms with Crippen molar-refractivity contribution in [3.8, 4) is 0 Å². The summed E-state index contributed by atoms with van der Waals surface area (Å²) >= 11 is 13.5. The van der Waals surface area contributed by atoms with Crippen molar-refractivity contribution in [1.29, 1.82) is 0 Å². The van der Waals surface area contributed by atoms with Crippen LogP contribution in [0.4, 0.5) is 0 Å². The van der Waals surface area contributed by atoms with Gasteiger partial charge < -0.3 is 0 Å². The predicted molar refractivity (Wildman–Crippen MR) is 64.7 cm³/mol. The second-order valence-electron chi connectivity index (χ2n) is 1.36. The van der Waals surface area contributed by atoms with E-state index >= 15 is 0 Å². The topological polar surface area (TPSA) is 36.9 Å². The number of hydrogen-bond donors (Lipinski definition) is 0. The molecule has 0 aliphatic carbocycles. The first-order valence-corrected chi connectivity index (χ1v) is 10.9. The average molecular weight is 452 g/mol. The molecule has 0 rings (SSSR count). The predicted octanol–water partition coefficient (Wildman–Crippen LogP) is 1.32. The molecule has 0 radical (unpaired) electrons. The van der Waals surface area contributed by atoms with Gasteiger partial charge in [-0.15, -0.1) is 0 Å². The van der Waals surface area contributed by atoms with Crippen molar-refractivity contribution in [2.24, 2.45) is 0 Å². The van der Waals surface area contributed by atoms with Gasteiger partial charge in [-0.1, -0.05) is 0 Å². The molecular weight excluding hydrogens is 448 g/mol. The molecule has 0 aromatic heterocycles. The van der Waals surface area contributed by atoms with Gasteiger partial charge in [-0.2, -0.15) is 0 Å². The molecule has 0 aromatic rings. The molecule has 0 N–H and O–H groups in total. The van der Waals surface area contributed by atoms with Crippen LogP contribution < -0.4 is 0 Å². The molecule has 0 saturated carbocycles. The summed E-state index contributed by atoms with van der Waals surface area (Å²) in [7, 11) is 0. The van der Waals surface area contributed by atoms with Gasteiger partial charge in [-0.3, -0.25) is 0 Å². The molecule has 0 fully saturated rings. The van der Waals surface area contributed by atoms with Crippen LogP contribution in [-0.4, -0.2) is 45.2 Å². The van der Waals surface area contributed by atoms with Gasteiger partial charge in [-0.25, -0.2) is 0 Å². The first-order valence-electron chi connectivity index (χ1n) is 2.70. The molecule has 0 saturated heterocycles. The van der Waals surface area contributed by atoms with Gasteiger partial charge in [0.15, 0.2) is 0 Å². The van der Waals surface area contributed by atoms with Gasteiger partial charge in [0, 0.05) is 0 Å². The van der Waals surface area contributed by atoms with Crippen LogP contribution in [0.5, 0.6) is 0 Å². The molecule has 0 amide bonds. The van der Waals surface area contributed by atoms with E-state index in [-0.39, 0.29) is 0 Å². The Balaban J connectivity index is 4.53. The van der Waals surface area contributed by atoms with Crippen LogP contribution in [0.15, 0.2) is 0 Å². The fourth-order valence-corrected chi connectivity index (χ4v) is 7.67. The molecule has 72 valence electrons. The van der Waals surface area contributed by atoms with E-state index in [0.717, 1.165) is 22.2 Å². The van der Waals surface area contributed by atoms with E-state index in [1.54, 1.807) is 0 Å². The first-order chi connectivity index (χ1) is 6.24. The zero-order valence-electron chi connectivity index (χ0n) is 6.08. The monoisotopic (exact) mass is 452 g/mol. The zero-order chi connectivity index (χ0) is 10.2. The second-order valence-corrected chi connectivity index (χ2v) is 9.68. The van der Waals surface area contributed by atoms with E-state index in [4.69, 9.17) is 10.7 Å². The summed E-state index contributed by atoms with van der Waals surface area (Å²) in [5.74, 6) is 0. The quantitative estimate of drug-likeness (QED) is 0.404. The molecule has 4 nitrogen and oxygen atoms in total. The fraction of sp³-hybridized carbons (Fsp3) is 0. The number of hydrogen-bond acceptors (Lipinski definition) is 8. The van der Waals surface area contributed by atoms with Crippen LogP contribution in [0.2, 0.25) is 0 Å². The Kier molecular flexibility index (Phi) is 8.14. The molecule has 0 aliphatic heterocycles. The van der Waals surface area contributed by atoms with Crippen molar-refractivity contribution in [2.75, 3.05) is 0 Å². The standard InChI is InChI=1S/4CH2OS.Pb/c4*2-1-3;/h4*1H,(H,2,3);/q;;;;+4/p-4. The van der Waals surface area contributed by atoms with Crippen molar-refractivity contribution in [3.63, 3.8) is 0 Å². The Morgan fingerprint density at radius 2 is 0.846 bits per heavy atom. The van der Waals surface area contributed by atoms with Crippen LogP contribution in [0.3, 0.4) is 0 Å². The van der Waals surface area contributed by atoms with Gasteiger partial charge in [0.25, 0.3) is 0 Å². The van der Waals surface area contributed by atoms with E-state index < -0.39 is 23.0 Å². The van der Waals surface area contributed by atoms with E-state index in [1.807, 2.05) is 0 Å². The van der Waals surface area contributed by atoms with E-state index in [2.05, 4.69) is 48.9 Å². The Labute approximate surface area is 104 Å². The summed E-state index contributed by atoms with van der Waals surface area (Å²) in [6.45, 7) is 0. The number of rotatable bonds is 8. The molecular formula is C4H4O4PbS4. The molecule has 0 atom stereocenters. The van der Waals surface area contributed by atoms with Crippen molar-refractivity contribution in [2.45, 2.75) is 0 Å². The van der Waals surface area contributed by atoms with Gasteiger partial charge in [0.1, 0.15) is 0 Å². The molecule has 0 aliphatic rings. The maximum atomic E-state index is 4.90. The van der Waals surface area contributed by atoms with Crippen LogP contribution >= 0.6 is 48.9 Å². The summed E-state index contributed by atoms with van der Waals surface area (Å²) < 4.78 is 19.6. The van der Waals surface area contributed by atoms with E-state index in [1.165, 1.54) is 0 Å². The first kappa shape index (κ1) is 13.5. The normalized spacial score (nSPS) is 9.23. The SMILES string of the molecule is S=C[O][Pb]([O]C=S)([O]C=S)[O]C=S. The van der Waals surface area contributed by atoms with Crippen molar-refractivity contribution in [3.05, 3.63) is 0 Å². The molecule has 0 aromatic carbocycles. The van der Waals surface area contributed by atoms with Crippen molar-refractivity contribution >= 4 is 94.1 Å². The maximum absolute atomic E-state index is 4.90. The third-order valence-electron chi connectivity index (χ3n) is 0.770. The summed E-state index contributed by atoms with van der Waals surface area (Å²) in [5, 5.41) is 0. The fourth-order valence-electron chi connectivity index (χ4n) is 0.402. The van der Waals surface area contributed by atoms with Crippen molar-refractivity contribution in [1.82, 2.24) is 0 Å². The van der Waals surface area contributed by atoms with Gasteiger partial charge in [-0.05, 0) is 0 Å². The molecule has 0 heterocycles. The van der Waals surface area contributed by atoms with E-state index in [9.17, 15) is 0 Å². The Morgan fingerprint density at radius 3 is 1.00 bits per heavy atom. The van der Waals surface area contributed by atoms with Gasteiger partial charge >= 0.3 is 105 Å². The minimum absolute atomic E-state index is 0.970. The molecule has 9 heteroatoms. The summed E-state index contributed by atoms with van der Waals surface area (Å²) in [5.41, 5.74) is 3.88.